The number of halogens is 2. The van der Waals surface area contributed by atoms with Gasteiger partial charge in [-0.3, -0.25) is 0 Å². The third-order valence-electron chi connectivity index (χ3n) is 9.32. The third-order valence-corrected chi connectivity index (χ3v) is 11.2. The minimum absolute atomic E-state index is 0.0781. The van der Waals surface area contributed by atoms with Crippen LogP contribution in [0.2, 0.25) is 0 Å². The predicted molar refractivity (Wildman–Crippen MR) is 128 cm³/mol. The van der Waals surface area contributed by atoms with Crippen molar-refractivity contribution >= 4 is 11.8 Å². The van der Waals surface area contributed by atoms with Crippen LogP contribution in [0.25, 0.3) is 0 Å². The molecule has 184 valence electrons. The summed E-state index contributed by atoms with van der Waals surface area (Å²) in [4.78, 5) is 0. The van der Waals surface area contributed by atoms with Crippen molar-refractivity contribution in [1.82, 2.24) is 0 Å². The highest BCUT2D eigenvalue weighted by Gasteiger charge is 2.56. The molecule has 4 aliphatic carbocycles. The van der Waals surface area contributed by atoms with Gasteiger partial charge in [0, 0.05) is 23.7 Å². The summed E-state index contributed by atoms with van der Waals surface area (Å²) in [6.45, 7) is 3.51. The maximum absolute atomic E-state index is 15.6. The summed E-state index contributed by atoms with van der Waals surface area (Å²) >= 11 is 1.60. The number of ether oxygens (including phenoxy) is 2. The van der Waals surface area contributed by atoms with Crippen molar-refractivity contribution in [3.63, 3.8) is 0 Å². The fraction of sp³-hybridized carbons (Fsp3) is 1.00. The van der Waals surface area contributed by atoms with Gasteiger partial charge in [-0.2, -0.15) is 0 Å². The summed E-state index contributed by atoms with van der Waals surface area (Å²) in [5.41, 5.74) is 0. The summed E-state index contributed by atoms with van der Waals surface area (Å²) in [6, 6.07) is 0. The Morgan fingerprint density at radius 1 is 0.688 bits per heavy atom. The molecule has 1 aliphatic heterocycles. The average Bonchev–Trinajstić information content (AvgIpc) is 3.53. The predicted octanol–water partition coefficient (Wildman–Crippen LogP) is 7.14. The van der Waals surface area contributed by atoms with Gasteiger partial charge in [-0.15, -0.1) is 11.8 Å². The summed E-state index contributed by atoms with van der Waals surface area (Å²) in [5, 5.41) is -0.158. The molecule has 0 radical (unpaired) electrons. The first kappa shape index (κ1) is 23.9. The van der Waals surface area contributed by atoms with E-state index in [9.17, 15) is 0 Å². The number of hydrogen-bond acceptors (Lipinski definition) is 3. The van der Waals surface area contributed by atoms with Crippen LogP contribution in [0.5, 0.6) is 0 Å². The smallest absolute Gasteiger partial charge is 0.138 e. The van der Waals surface area contributed by atoms with Crippen molar-refractivity contribution in [2.75, 3.05) is 13.2 Å². The molecular formula is C27H44F2O2S. The van der Waals surface area contributed by atoms with E-state index in [1.54, 1.807) is 11.8 Å². The Labute approximate surface area is 198 Å². The van der Waals surface area contributed by atoms with E-state index in [1.165, 1.54) is 44.9 Å². The van der Waals surface area contributed by atoms with E-state index < -0.39 is 12.3 Å². The van der Waals surface area contributed by atoms with Gasteiger partial charge in [0.25, 0.3) is 0 Å². The van der Waals surface area contributed by atoms with E-state index in [-0.39, 0.29) is 22.7 Å². The zero-order valence-electron chi connectivity index (χ0n) is 19.9. The lowest BCUT2D eigenvalue weighted by molar-refractivity contribution is -0.0639. The van der Waals surface area contributed by atoms with E-state index in [0.29, 0.717) is 24.4 Å². The molecule has 5 rings (SSSR count). The zero-order chi connectivity index (χ0) is 22.1. The van der Waals surface area contributed by atoms with Gasteiger partial charge in [-0.05, 0) is 81.0 Å². The Hall–Kier alpha value is 0.130. The molecule has 0 aromatic carbocycles. The van der Waals surface area contributed by atoms with E-state index in [0.717, 1.165) is 57.0 Å². The van der Waals surface area contributed by atoms with Crippen molar-refractivity contribution in [1.29, 1.82) is 0 Å². The molecule has 4 saturated carbocycles. The minimum atomic E-state index is -0.946. The Balaban J connectivity index is 1.08. The Bertz CT molecular complexity index is 594. The Morgan fingerprint density at radius 2 is 1.22 bits per heavy atom. The molecule has 0 amide bonds. The highest BCUT2D eigenvalue weighted by atomic mass is 32.2. The molecular weight excluding hydrogens is 426 g/mol. The molecule has 0 aromatic rings. The highest BCUT2D eigenvalue weighted by molar-refractivity contribution is 8.00. The van der Waals surface area contributed by atoms with Crippen LogP contribution in [-0.2, 0) is 9.47 Å². The quantitative estimate of drug-likeness (QED) is 0.334. The molecule has 0 bridgehead atoms. The molecule has 32 heavy (non-hydrogen) atoms. The van der Waals surface area contributed by atoms with Crippen LogP contribution in [-0.4, -0.2) is 48.3 Å². The maximum atomic E-state index is 15.6. The summed E-state index contributed by atoms with van der Waals surface area (Å²) < 4.78 is 43.0. The van der Waals surface area contributed by atoms with Crippen LogP contribution in [0.1, 0.15) is 90.4 Å². The number of hydrogen-bond donors (Lipinski definition) is 0. The minimum Gasteiger partial charge on any atom is -0.375 e. The fourth-order valence-electron chi connectivity index (χ4n) is 7.15. The van der Waals surface area contributed by atoms with Crippen molar-refractivity contribution in [2.45, 2.75) is 125 Å². The molecule has 0 aromatic heterocycles. The first-order valence-electron chi connectivity index (χ1n) is 13.8. The molecule has 8 unspecified atom stereocenters. The molecule has 1 heterocycles. The van der Waals surface area contributed by atoms with E-state index in [2.05, 4.69) is 6.92 Å². The first-order chi connectivity index (χ1) is 15.6. The monoisotopic (exact) mass is 470 g/mol. The zero-order valence-corrected chi connectivity index (χ0v) is 20.8. The molecule has 5 heteroatoms. The number of fused-ring (bicyclic) bond motifs is 3. The van der Waals surface area contributed by atoms with Crippen LogP contribution in [0.15, 0.2) is 0 Å². The topological polar surface area (TPSA) is 18.5 Å². The molecule has 0 spiro atoms. The van der Waals surface area contributed by atoms with E-state index in [4.69, 9.17) is 9.47 Å². The maximum Gasteiger partial charge on any atom is 0.138 e. The molecule has 5 fully saturated rings. The molecule has 8 atom stereocenters. The lowest BCUT2D eigenvalue weighted by Gasteiger charge is -2.39. The lowest BCUT2D eigenvalue weighted by atomic mass is 9.71. The average molecular weight is 471 g/mol. The summed E-state index contributed by atoms with van der Waals surface area (Å²) in [5.74, 6) is 3.24. The van der Waals surface area contributed by atoms with Gasteiger partial charge in [0.2, 0.25) is 0 Å². The normalized spacial score (nSPS) is 46.6. The third kappa shape index (κ3) is 5.35. The van der Waals surface area contributed by atoms with Crippen molar-refractivity contribution in [3.8, 4) is 0 Å². The first-order valence-corrected chi connectivity index (χ1v) is 14.7. The number of unbranched alkanes of at least 4 members (excludes halogenated alkanes) is 1. The molecule has 5 aliphatic rings. The molecule has 2 nitrogen and oxygen atoms in total. The summed E-state index contributed by atoms with van der Waals surface area (Å²) in [6.07, 6.45) is 12.8. The number of alkyl halides is 2. The van der Waals surface area contributed by atoms with Crippen LogP contribution in [0, 0.1) is 29.6 Å². The van der Waals surface area contributed by atoms with Gasteiger partial charge in [0.1, 0.15) is 12.3 Å². The van der Waals surface area contributed by atoms with Crippen molar-refractivity contribution in [2.24, 2.45) is 29.6 Å². The standard InChI is InChI=1S/C27H44F2O2S/c1-2-3-14-30-22-12-10-20-21-11-13-23(25(29)27(21)32-26(20)24(22)28)31-16-19-8-6-18(7-9-19)15-17-4-5-17/h17-27H,2-16H2,1H3. The number of rotatable bonds is 9. The van der Waals surface area contributed by atoms with E-state index >= 15 is 8.78 Å². The van der Waals surface area contributed by atoms with Crippen LogP contribution < -0.4 is 0 Å². The lowest BCUT2D eigenvalue weighted by Crippen LogP contribution is -2.45. The van der Waals surface area contributed by atoms with Gasteiger partial charge >= 0.3 is 0 Å². The van der Waals surface area contributed by atoms with Crippen LogP contribution >= 0.6 is 11.8 Å². The SMILES string of the molecule is CCCCOC1CCC2C3CCC(OCC4CCC(CC5CC5)CC4)C(F)C3SC2C1F. The van der Waals surface area contributed by atoms with Gasteiger partial charge in [-0.25, -0.2) is 8.78 Å². The van der Waals surface area contributed by atoms with Gasteiger partial charge in [0.05, 0.1) is 12.2 Å². The van der Waals surface area contributed by atoms with Gasteiger partial charge in [0.15, 0.2) is 0 Å². The second-order valence-electron chi connectivity index (χ2n) is 11.6. The second-order valence-corrected chi connectivity index (χ2v) is 13.0. The van der Waals surface area contributed by atoms with Gasteiger partial charge < -0.3 is 9.47 Å². The highest BCUT2D eigenvalue weighted by Crippen LogP contribution is 2.56. The fourth-order valence-corrected chi connectivity index (χ4v) is 9.25. The van der Waals surface area contributed by atoms with Crippen LogP contribution in [0.4, 0.5) is 8.78 Å². The summed E-state index contributed by atoms with van der Waals surface area (Å²) in [7, 11) is 0. The Kier molecular flexibility index (Phi) is 8.06. The largest absolute Gasteiger partial charge is 0.375 e. The van der Waals surface area contributed by atoms with Gasteiger partial charge in [-0.1, -0.05) is 39.0 Å². The second kappa shape index (κ2) is 10.8. The number of thioether (sulfide) groups is 1. The van der Waals surface area contributed by atoms with Crippen molar-refractivity contribution < 1.29 is 18.3 Å². The Morgan fingerprint density at radius 3 is 1.78 bits per heavy atom. The van der Waals surface area contributed by atoms with Crippen molar-refractivity contribution in [3.05, 3.63) is 0 Å². The van der Waals surface area contributed by atoms with Crippen LogP contribution in [0.3, 0.4) is 0 Å². The van der Waals surface area contributed by atoms with E-state index in [1.807, 2.05) is 0 Å². The molecule has 0 N–H and O–H groups in total. The molecule has 1 saturated heterocycles.